The number of hydrogen-bond acceptors (Lipinski definition) is 5. The first-order valence-corrected chi connectivity index (χ1v) is 9.77. The highest BCUT2D eigenvalue weighted by molar-refractivity contribution is 6.03. The molecule has 1 saturated heterocycles. The topological polar surface area (TPSA) is 116 Å². The molecule has 8 heteroatoms. The number of primary amides is 1. The zero-order valence-corrected chi connectivity index (χ0v) is 16.4. The molecule has 4 N–H and O–H groups in total. The van der Waals surface area contributed by atoms with E-state index in [1.54, 1.807) is 21.7 Å². The Morgan fingerprint density at radius 1 is 1.10 bits per heavy atom. The van der Waals surface area contributed by atoms with Crippen LogP contribution in [0, 0.1) is 0 Å². The molecule has 0 radical (unpaired) electrons. The summed E-state index contributed by atoms with van der Waals surface area (Å²) in [5.41, 5.74) is 13.2. The molecule has 2 aromatic carbocycles. The van der Waals surface area contributed by atoms with Gasteiger partial charge in [-0.3, -0.25) is 9.59 Å². The Hall–Kier alpha value is -3.81. The molecule has 0 unspecified atom stereocenters. The SMILES string of the molecule is NC(=O)c1c(-c2ccc(Oc3ccccc3)cc2)nn([C@@H]2CCCN(C=O)C2)c1N. The Bertz CT molecular complexity index is 1050. The van der Waals surface area contributed by atoms with Crippen LogP contribution in [0.2, 0.25) is 0 Å². The molecule has 0 spiro atoms. The quantitative estimate of drug-likeness (QED) is 0.612. The van der Waals surface area contributed by atoms with Crippen LogP contribution in [0.15, 0.2) is 54.6 Å². The van der Waals surface area contributed by atoms with Gasteiger partial charge < -0.3 is 21.1 Å². The van der Waals surface area contributed by atoms with Crippen molar-refractivity contribution in [2.75, 3.05) is 18.8 Å². The van der Waals surface area contributed by atoms with E-state index in [4.69, 9.17) is 16.2 Å². The number of nitrogen functional groups attached to an aromatic ring is 1. The van der Waals surface area contributed by atoms with Gasteiger partial charge in [0.1, 0.15) is 28.6 Å². The lowest BCUT2D eigenvalue weighted by Gasteiger charge is -2.30. The average molecular weight is 405 g/mol. The van der Waals surface area contributed by atoms with Crippen molar-refractivity contribution < 1.29 is 14.3 Å². The first-order chi connectivity index (χ1) is 14.6. The van der Waals surface area contributed by atoms with E-state index >= 15 is 0 Å². The fourth-order valence-electron chi connectivity index (χ4n) is 3.75. The van der Waals surface area contributed by atoms with E-state index in [1.807, 2.05) is 42.5 Å². The molecule has 0 saturated carbocycles. The lowest BCUT2D eigenvalue weighted by molar-refractivity contribution is -0.119. The second-order valence-corrected chi connectivity index (χ2v) is 7.25. The normalized spacial score (nSPS) is 16.3. The van der Waals surface area contributed by atoms with Crippen LogP contribution in [-0.4, -0.2) is 40.1 Å². The first-order valence-electron chi connectivity index (χ1n) is 9.77. The number of carbonyl (C=O) groups excluding carboxylic acids is 2. The van der Waals surface area contributed by atoms with E-state index in [0.29, 0.717) is 30.1 Å². The number of piperidine rings is 1. The summed E-state index contributed by atoms with van der Waals surface area (Å²) in [5.74, 6) is 0.974. The largest absolute Gasteiger partial charge is 0.457 e. The molecule has 1 aromatic heterocycles. The highest BCUT2D eigenvalue weighted by Crippen LogP contribution is 2.33. The summed E-state index contributed by atoms with van der Waals surface area (Å²) in [6, 6.07) is 16.6. The minimum absolute atomic E-state index is 0.100. The van der Waals surface area contributed by atoms with Gasteiger partial charge in [-0.1, -0.05) is 18.2 Å². The first kappa shape index (κ1) is 19.5. The summed E-state index contributed by atoms with van der Waals surface area (Å²) in [6.07, 6.45) is 2.49. The second-order valence-electron chi connectivity index (χ2n) is 7.25. The fraction of sp³-hybridized carbons (Fsp3) is 0.227. The minimum atomic E-state index is -0.638. The minimum Gasteiger partial charge on any atom is -0.457 e. The van der Waals surface area contributed by atoms with Crippen LogP contribution in [-0.2, 0) is 4.79 Å². The Kier molecular flexibility index (Phi) is 5.38. The summed E-state index contributed by atoms with van der Waals surface area (Å²) < 4.78 is 7.44. The van der Waals surface area contributed by atoms with Crippen LogP contribution in [0.3, 0.4) is 0 Å². The lowest BCUT2D eigenvalue weighted by atomic mass is 10.1. The smallest absolute Gasteiger partial charge is 0.254 e. The van der Waals surface area contributed by atoms with Gasteiger partial charge in [-0.15, -0.1) is 0 Å². The molecular weight excluding hydrogens is 382 g/mol. The molecule has 1 aliphatic heterocycles. The Balaban J connectivity index is 1.64. The van der Waals surface area contributed by atoms with E-state index in [2.05, 4.69) is 5.10 Å². The molecule has 1 aliphatic rings. The van der Waals surface area contributed by atoms with Gasteiger partial charge in [0.25, 0.3) is 5.91 Å². The van der Waals surface area contributed by atoms with Gasteiger partial charge in [0.05, 0.1) is 6.04 Å². The zero-order valence-electron chi connectivity index (χ0n) is 16.4. The maximum atomic E-state index is 12.1. The van der Waals surface area contributed by atoms with Crippen LogP contribution in [0.4, 0.5) is 5.82 Å². The molecule has 8 nitrogen and oxygen atoms in total. The standard InChI is InChI=1S/C22H23N5O3/c23-21-19(22(24)29)20(25-27(21)16-5-4-12-26(13-16)14-28)15-8-10-18(11-9-15)30-17-6-2-1-3-7-17/h1-3,6-11,14,16H,4-5,12-13,23H2,(H2,24,29)/t16-/m1/s1. The van der Waals surface area contributed by atoms with Gasteiger partial charge in [-0.2, -0.15) is 5.10 Å². The summed E-state index contributed by atoms with van der Waals surface area (Å²) in [4.78, 5) is 25.0. The van der Waals surface area contributed by atoms with Gasteiger partial charge >= 0.3 is 0 Å². The molecule has 0 aliphatic carbocycles. The molecule has 1 fully saturated rings. The lowest BCUT2D eigenvalue weighted by Crippen LogP contribution is -2.36. The number of carbonyl (C=O) groups is 2. The number of amides is 2. The van der Waals surface area contributed by atoms with E-state index in [9.17, 15) is 9.59 Å². The molecule has 2 heterocycles. The molecule has 2 amide bonds. The number of para-hydroxylation sites is 1. The van der Waals surface area contributed by atoms with Crippen LogP contribution in [0.25, 0.3) is 11.3 Å². The number of benzene rings is 2. The van der Waals surface area contributed by atoms with Gasteiger partial charge in [0.2, 0.25) is 6.41 Å². The third-order valence-corrected chi connectivity index (χ3v) is 5.22. The number of rotatable bonds is 6. The third kappa shape index (κ3) is 3.84. The third-order valence-electron chi connectivity index (χ3n) is 5.22. The summed E-state index contributed by atoms with van der Waals surface area (Å²) in [7, 11) is 0. The number of ether oxygens (including phenoxy) is 1. The van der Waals surface area contributed by atoms with Crippen molar-refractivity contribution in [3.8, 4) is 22.8 Å². The number of aromatic nitrogens is 2. The van der Waals surface area contributed by atoms with E-state index in [-0.39, 0.29) is 17.4 Å². The van der Waals surface area contributed by atoms with Crippen molar-refractivity contribution in [1.29, 1.82) is 0 Å². The second kappa shape index (κ2) is 8.28. The van der Waals surface area contributed by atoms with Crippen molar-refractivity contribution in [1.82, 2.24) is 14.7 Å². The predicted molar refractivity (Wildman–Crippen MR) is 113 cm³/mol. The maximum absolute atomic E-state index is 12.1. The monoisotopic (exact) mass is 405 g/mol. The van der Waals surface area contributed by atoms with Gasteiger partial charge in [-0.25, -0.2) is 4.68 Å². The number of nitrogens with zero attached hydrogens (tertiary/aromatic N) is 3. The maximum Gasteiger partial charge on any atom is 0.254 e. The predicted octanol–water partition coefficient (Wildman–Crippen LogP) is 2.82. The highest BCUT2D eigenvalue weighted by atomic mass is 16.5. The average Bonchev–Trinajstić information content (AvgIpc) is 3.12. The van der Waals surface area contributed by atoms with Crippen molar-refractivity contribution >= 4 is 18.1 Å². The summed E-state index contributed by atoms with van der Waals surface area (Å²) in [6.45, 7) is 1.20. The van der Waals surface area contributed by atoms with E-state index < -0.39 is 5.91 Å². The molecule has 0 bridgehead atoms. The van der Waals surface area contributed by atoms with Crippen LogP contribution in [0.5, 0.6) is 11.5 Å². The number of anilines is 1. The molecule has 30 heavy (non-hydrogen) atoms. The zero-order chi connectivity index (χ0) is 21.1. The Labute approximate surface area is 174 Å². The van der Waals surface area contributed by atoms with Crippen molar-refractivity contribution in [3.63, 3.8) is 0 Å². The molecular formula is C22H23N5O3. The molecule has 4 rings (SSSR count). The molecule has 154 valence electrons. The molecule has 3 aromatic rings. The van der Waals surface area contributed by atoms with Crippen LogP contribution < -0.4 is 16.2 Å². The van der Waals surface area contributed by atoms with E-state index in [0.717, 1.165) is 25.0 Å². The number of hydrogen-bond donors (Lipinski definition) is 2. The summed E-state index contributed by atoms with van der Waals surface area (Å²) >= 11 is 0. The number of likely N-dealkylation sites (tertiary alicyclic amines) is 1. The van der Waals surface area contributed by atoms with E-state index in [1.165, 1.54) is 0 Å². The molecule has 1 atom stereocenters. The van der Waals surface area contributed by atoms with Gasteiger partial charge in [-0.05, 0) is 49.2 Å². The van der Waals surface area contributed by atoms with Gasteiger partial charge in [0.15, 0.2) is 0 Å². The van der Waals surface area contributed by atoms with Crippen molar-refractivity contribution in [3.05, 3.63) is 60.2 Å². The van der Waals surface area contributed by atoms with Crippen LogP contribution >= 0.6 is 0 Å². The fourth-order valence-corrected chi connectivity index (χ4v) is 3.75. The Morgan fingerprint density at radius 2 is 1.80 bits per heavy atom. The van der Waals surface area contributed by atoms with Crippen molar-refractivity contribution in [2.24, 2.45) is 5.73 Å². The van der Waals surface area contributed by atoms with Crippen molar-refractivity contribution in [2.45, 2.75) is 18.9 Å². The Morgan fingerprint density at radius 3 is 2.47 bits per heavy atom. The summed E-state index contributed by atoms with van der Waals surface area (Å²) in [5, 5.41) is 4.61. The highest BCUT2D eigenvalue weighted by Gasteiger charge is 2.28. The number of nitrogens with two attached hydrogens (primary N) is 2. The van der Waals surface area contributed by atoms with Crippen LogP contribution in [0.1, 0.15) is 29.2 Å². The van der Waals surface area contributed by atoms with Gasteiger partial charge in [0, 0.05) is 18.7 Å².